The molecule has 0 amide bonds. The van der Waals surface area contributed by atoms with Gasteiger partial charge in [-0.25, -0.2) is 0 Å². The molecule has 0 saturated heterocycles. The fraction of sp³-hybridized carbons (Fsp3) is 0.500. The van der Waals surface area contributed by atoms with Gasteiger partial charge in [-0.2, -0.15) is 0 Å². The third-order valence-electron chi connectivity index (χ3n) is 0.420. The largest absolute Gasteiger partial charge is 0.295 e. The molecule has 0 aliphatic carbocycles. The molecule has 0 fully saturated rings. The molecule has 1 heteroatoms. The molecule has 0 aromatic carbocycles. The summed E-state index contributed by atoms with van der Waals surface area (Å²) in [5.41, 5.74) is 0.139. The highest BCUT2D eigenvalue weighted by atomic mass is 16.1. The number of carbonyl (C=O) groups excluding carboxylic acids is 1. The molecule has 0 aliphatic rings. The van der Waals surface area contributed by atoms with Gasteiger partial charge in [0.25, 0.3) is 0 Å². The SMILES string of the molecule is [2H]C([2H])([2H])/C(C)=C/C(C)=O. The van der Waals surface area contributed by atoms with Gasteiger partial charge in [0.2, 0.25) is 0 Å². The second-order valence-corrected chi connectivity index (χ2v) is 1.44. The Balaban J connectivity index is 4.35. The van der Waals surface area contributed by atoms with Gasteiger partial charge in [-0.15, -0.1) is 0 Å². The smallest absolute Gasteiger partial charge is 0.152 e. The lowest BCUT2D eigenvalue weighted by Gasteiger charge is -1.80. The van der Waals surface area contributed by atoms with Gasteiger partial charge in [-0.05, 0) is 26.8 Å². The fourth-order valence-electron chi connectivity index (χ4n) is 0.305. The van der Waals surface area contributed by atoms with Crippen molar-refractivity contribution in [3.63, 3.8) is 0 Å². The van der Waals surface area contributed by atoms with Crippen molar-refractivity contribution in [1.82, 2.24) is 0 Å². The van der Waals surface area contributed by atoms with Gasteiger partial charge in [0.1, 0.15) is 0 Å². The maximum absolute atomic E-state index is 10.4. The van der Waals surface area contributed by atoms with E-state index >= 15 is 0 Å². The van der Waals surface area contributed by atoms with E-state index < -0.39 is 6.85 Å². The Kier molecular flexibility index (Phi) is 0.970. The van der Waals surface area contributed by atoms with E-state index in [0.29, 0.717) is 0 Å². The normalized spacial score (nSPS) is 19.7. The summed E-state index contributed by atoms with van der Waals surface area (Å²) < 4.78 is 20.5. The van der Waals surface area contributed by atoms with E-state index in [1.54, 1.807) is 0 Å². The molecule has 0 unspecified atom stereocenters. The Bertz CT molecular complexity index is 166. The quantitative estimate of drug-likeness (QED) is 0.458. The van der Waals surface area contributed by atoms with Gasteiger partial charge < -0.3 is 0 Å². The van der Waals surface area contributed by atoms with Crippen molar-refractivity contribution in [3.05, 3.63) is 11.6 Å². The number of rotatable bonds is 1. The summed E-state index contributed by atoms with van der Waals surface area (Å²) in [7, 11) is 0. The van der Waals surface area contributed by atoms with Crippen molar-refractivity contribution in [3.8, 4) is 0 Å². The van der Waals surface area contributed by atoms with Crippen LogP contribution in [0.25, 0.3) is 0 Å². The van der Waals surface area contributed by atoms with Crippen molar-refractivity contribution >= 4 is 5.78 Å². The molecule has 0 spiro atoms. The molecular weight excluding hydrogens is 88.1 g/mol. The lowest BCUT2D eigenvalue weighted by Crippen LogP contribution is -1.80. The number of carbonyl (C=O) groups is 1. The topological polar surface area (TPSA) is 17.1 Å². The van der Waals surface area contributed by atoms with Crippen molar-refractivity contribution in [2.45, 2.75) is 20.7 Å². The Morgan fingerprint density at radius 1 is 1.71 bits per heavy atom. The van der Waals surface area contributed by atoms with Crippen LogP contribution in [0.5, 0.6) is 0 Å². The Hall–Kier alpha value is -0.590. The van der Waals surface area contributed by atoms with Crippen LogP contribution in [0.3, 0.4) is 0 Å². The average Bonchev–Trinajstić information content (AvgIpc) is 1.60. The zero-order valence-corrected chi connectivity index (χ0v) is 4.49. The Morgan fingerprint density at radius 3 is 2.43 bits per heavy atom. The van der Waals surface area contributed by atoms with Crippen LogP contribution < -0.4 is 0 Å². The molecule has 0 radical (unpaired) electrons. The van der Waals surface area contributed by atoms with E-state index in [-0.39, 0.29) is 11.4 Å². The first-order chi connectivity index (χ1) is 4.34. The van der Waals surface area contributed by atoms with Gasteiger partial charge in [-0.1, -0.05) is 5.57 Å². The van der Waals surface area contributed by atoms with Crippen LogP contribution in [-0.2, 0) is 4.79 Å². The summed E-state index contributed by atoms with van der Waals surface area (Å²) in [6, 6.07) is 0. The summed E-state index contributed by atoms with van der Waals surface area (Å²) in [5, 5.41) is 0. The van der Waals surface area contributed by atoms with Crippen LogP contribution in [0.15, 0.2) is 11.6 Å². The van der Waals surface area contributed by atoms with Crippen LogP contribution in [0, 0.1) is 0 Å². The number of hydrogen-bond acceptors (Lipinski definition) is 1. The maximum Gasteiger partial charge on any atom is 0.152 e. The standard InChI is InChI=1S/C6H10O/c1-5(2)4-6(3)7/h4H,1-3H3/i1D3/b5-4-. The molecule has 0 saturated carbocycles. The number of hydrogen-bond donors (Lipinski definition) is 0. The minimum atomic E-state index is -2.12. The van der Waals surface area contributed by atoms with E-state index in [1.165, 1.54) is 13.8 Å². The average molecular weight is 101 g/mol. The maximum atomic E-state index is 10.4. The van der Waals surface area contributed by atoms with Crippen LogP contribution in [0.2, 0.25) is 0 Å². The molecule has 1 nitrogen and oxygen atoms in total. The molecule has 0 bridgehead atoms. The van der Waals surface area contributed by atoms with E-state index in [9.17, 15) is 4.79 Å². The predicted molar refractivity (Wildman–Crippen MR) is 30.1 cm³/mol. The van der Waals surface area contributed by atoms with Gasteiger partial charge >= 0.3 is 0 Å². The fourth-order valence-corrected chi connectivity index (χ4v) is 0.305. The predicted octanol–water partition coefficient (Wildman–Crippen LogP) is 1.54. The Morgan fingerprint density at radius 2 is 2.29 bits per heavy atom. The molecule has 0 rings (SSSR count). The first-order valence-electron chi connectivity index (χ1n) is 3.53. The van der Waals surface area contributed by atoms with Crippen molar-refractivity contribution in [2.75, 3.05) is 0 Å². The molecule has 0 heterocycles. The summed E-state index contributed by atoms with van der Waals surface area (Å²) in [5.74, 6) is -0.228. The third kappa shape index (κ3) is 5.41. The minimum absolute atomic E-state index is 0.139. The Labute approximate surface area is 48.3 Å². The molecule has 0 aliphatic heterocycles. The third-order valence-corrected chi connectivity index (χ3v) is 0.420. The van der Waals surface area contributed by atoms with E-state index in [2.05, 4.69) is 0 Å². The summed E-state index contributed by atoms with van der Waals surface area (Å²) >= 11 is 0. The summed E-state index contributed by atoms with van der Waals surface area (Å²) in [6.45, 7) is 0.634. The first-order valence-corrected chi connectivity index (χ1v) is 2.03. The first kappa shape index (κ1) is 2.65. The second kappa shape index (κ2) is 2.56. The molecule has 0 aromatic rings. The lowest BCUT2D eigenvalue weighted by atomic mass is 10.3. The zero-order chi connectivity index (χ0) is 8.36. The van der Waals surface area contributed by atoms with Crippen molar-refractivity contribution in [2.24, 2.45) is 0 Å². The molecular formula is C6H10O. The molecule has 40 valence electrons. The highest BCUT2D eigenvalue weighted by Gasteiger charge is 1.80. The highest BCUT2D eigenvalue weighted by Crippen LogP contribution is 1.86. The van der Waals surface area contributed by atoms with Crippen LogP contribution in [-0.4, -0.2) is 5.78 Å². The van der Waals surface area contributed by atoms with Crippen molar-refractivity contribution < 1.29 is 8.91 Å². The zero-order valence-electron chi connectivity index (χ0n) is 7.49. The second-order valence-electron chi connectivity index (χ2n) is 1.44. The summed E-state index contributed by atoms with van der Waals surface area (Å²) in [4.78, 5) is 10.4. The van der Waals surface area contributed by atoms with Crippen LogP contribution in [0.4, 0.5) is 0 Å². The van der Waals surface area contributed by atoms with Gasteiger partial charge in [-0.3, -0.25) is 4.79 Å². The molecule has 0 atom stereocenters. The molecule has 0 aromatic heterocycles. The number of ketones is 1. The van der Waals surface area contributed by atoms with E-state index in [0.717, 1.165) is 6.08 Å². The highest BCUT2D eigenvalue weighted by molar-refractivity contribution is 5.87. The van der Waals surface area contributed by atoms with Crippen LogP contribution in [0.1, 0.15) is 24.8 Å². The minimum Gasteiger partial charge on any atom is -0.295 e. The van der Waals surface area contributed by atoms with Gasteiger partial charge in [0.15, 0.2) is 5.78 Å². The molecule has 0 N–H and O–H groups in total. The molecule has 7 heavy (non-hydrogen) atoms. The number of allylic oxidation sites excluding steroid dienone is 2. The van der Waals surface area contributed by atoms with Gasteiger partial charge in [0, 0.05) is 4.11 Å². The van der Waals surface area contributed by atoms with Crippen LogP contribution >= 0.6 is 0 Å². The van der Waals surface area contributed by atoms with Gasteiger partial charge in [0.05, 0.1) is 0 Å². The lowest BCUT2D eigenvalue weighted by molar-refractivity contribution is -0.112. The van der Waals surface area contributed by atoms with E-state index in [1.807, 2.05) is 0 Å². The van der Waals surface area contributed by atoms with E-state index in [4.69, 9.17) is 4.11 Å². The van der Waals surface area contributed by atoms with Crippen molar-refractivity contribution in [1.29, 1.82) is 0 Å². The monoisotopic (exact) mass is 101 g/mol. The summed E-state index contributed by atoms with van der Waals surface area (Å²) in [6.07, 6.45) is 1.13.